The molecule has 0 N–H and O–H groups in total. The van der Waals surface area contributed by atoms with Gasteiger partial charge in [0.15, 0.2) is 34.9 Å². The van der Waals surface area contributed by atoms with Crippen molar-refractivity contribution in [3.63, 3.8) is 0 Å². The summed E-state index contributed by atoms with van der Waals surface area (Å²) in [5.74, 6) is -17.9. The summed E-state index contributed by atoms with van der Waals surface area (Å²) in [5.41, 5.74) is -4.36. The van der Waals surface area contributed by atoms with E-state index in [1.807, 2.05) is 0 Å². The Kier molecular flexibility index (Phi) is 13.2. The molecule has 0 spiro atoms. The van der Waals surface area contributed by atoms with Crippen LogP contribution in [0.3, 0.4) is 0 Å². The molecule has 7 rings (SSSR count). The summed E-state index contributed by atoms with van der Waals surface area (Å²) in [6.07, 6.45) is 15.8. The Balaban J connectivity index is 1.36. The second-order valence-electron chi connectivity index (χ2n) is 17.5. The van der Waals surface area contributed by atoms with Crippen LogP contribution >= 0.6 is 0 Å². The van der Waals surface area contributed by atoms with E-state index in [1.165, 1.54) is 6.92 Å². The number of unbranched alkanes of at least 4 members (excludes halogenated alkanes) is 14. The maximum absolute atomic E-state index is 17.1. The van der Waals surface area contributed by atoms with Crippen molar-refractivity contribution in [2.45, 2.75) is 162 Å². The summed E-state index contributed by atoms with van der Waals surface area (Å²) in [6.45, 7) is 8.37. The zero-order valence-corrected chi connectivity index (χ0v) is 36.1. The third kappa shape index (κ3) is 7.09. The van der Waals surface area contributed by atoms with Crippen LogP contribution in [0.2, 0.25) is 0 Å². The van der Waals surface area contributed by atoms with Crippen molar-refractivity contribution in [1.29, 1.82) is 0 Å². The molecule has 2 atom stereocenters. The number of hydrogen-bond acceptors (Lipinski definition) is 4. The van der Waals surface area contributed by atoms with Crippen LogP contribution in [0, 0.1) is 47.6 Å². The first-order valence-corrected chi connectivity index (χ1v) is 22.4. The number of carbonyl (C=O) groups excluding carboxylic acids is 4. The minimum atomic E-state index is -1.97. The topological polar surface area (TPSA) is 74.8 Å². The molecule has 2 aliphatic heterocycles. The summed E-state index contributed by atoms with van der Waals surface area (Å²) in [6, 6.07) is -1.81. The zero-order chi connectivity index (χ0) is 44.9. The minimum Gasteiger partial charge on any atom is -0.271 e. The molecule has 0 saturated carbocycles. The zero-order valence-electron chi connectivity index (χ0n) is 36.1. The lowest BCUT2D eigenvalue weighted by Crippen LogP contribution is -2.47. The average molecular weight is 867 g/mol. The smallest absolute Gasteiger partial charge is 0.264 e. The normalized spacial score (nSPS) is 15.2. The Hall–Kier alpha value is -4.81. The van der Waals surface area contributed by atoms with Crippen molar-refractivity contribution in [2.24, 2.45) is 0 Å². The van der Waals surface area contributed by atoms with Crippen LogP contribution in [0.25, 0.3) is 43.1 Å². The average Bonchev–Trinajstić information content (AvgIpc) is 3.23. The van der Waals surface area contributed by atoms with E-state index in [0.717, 1.165) is 102 Å². The van der Waals surface area contributed by atoms with E-state index in [-0.39, 0.29) is 6.42 Å². The molecule has 0 aliphatic carbocycles. The predicted molar refractivity (Wildman–Crippen MR) is 226 cm³/mol. The van der Waals surface area contributed by atoms with E-state index in [2.05, 4.69) is 13.8 Å². The quantitative estimate of drug-likeness (QED) is 0.0257. The molecule has 13 heteroatoms. The highest BCUT2D eigenvalue weighted by Gasteiger charge is 2.47. The first-order chi connectivity index (χ1) is 29.6. The molecule has 0 aromatic heterocycles. The van der Waals surface area contributed by atoms with Gasteiger partial charge in [-0.2, -0.15) is 0 Å². The Morgan fingerprint density at radius 3 is 0.968 bits per heavy atom. The number of hydrogen-bond donors (Lipinski definition) is 0. The highest BCUT2D eigenvalue weighted by molar-refractivity contribution is 6.42. The van der Waals surface area contributed by atoms with E-state index >= 15 is 30.7 Å². The predicted octanol–water partition coefficient (Wildman–Crippen LogP) is 14.0. The van der Waals surface area contributed by atoms with Gasteiger partial charge in [0.25, 0.3) is 23.6 Å². The second kappa shape index (κ2) is 18.1. The number of benzene rings is 5. The van der Waals surface area contributed by atoms with Crippen LogP contribution < -0.4 is 0 Å². The molecule has 332 valence electrons. The summed E-state index contributed by atoms with van der Waals surface area (Å²) >= 11 is 0. The number of amides is 4. The third-order valence-electron chi connectivity index (χ3n) is 13.4. The SMILES string of the molecule is CCCCCCCCCCC(C)N1C(=O)c2c(C)c(F)c3c4c(F)c(F)c5c6c(c(F)c(F)c(c7c(F)c(F)c(c2c37)C1=O)c64)C(=O)N(C(C)CCCCCCCCCC)C5=O. The van der Waals surface area contributed by atoms with Crippen LogP contribution in [0.1, 0.15) is 190 Å². The van der Waals surface area contributed by atoms with Gasteiger partial charge in [0.1, 0.15) is 5.82 Å². The number of rotatable bonds is 20. The maximum atomic E-state index is 17.1. The molecule has 2 heterocycles. The summed E-state index contributed by atoms with van der Waals surface area (Å²) in [5, 5.41) is -7.72. The number of carbonyl (C=O) groups is 4. The molecular formula is C49H53F7N2O4. The molecule has 2 unspecified atom stereocenters. The lowest BCUT2D eigenvalue weighted by atomic mass is 9.79. The molecule has 4 amide bonds. The molecule has 0 saturated heterocycles. The first kappa shape index (κ1) is 45.2. The van der Waals surface area contributed by atoms with Gasteiger partial charge in [-0.15, -0.1) is 0 Å². The van der Waals surface area contributed by atoms with Crippen molar-refractivity contribution >= 4 is 66.7 Å². The van der Waals surface area contributed by atoms with Crippen molar-refractivity contribution in [3.8, 4) is 0 Å². The van der Waals surface area contributed by atoms with E-state index in [0.29, 0.717) is 24.2 Å². The molecule has 62 heavy (non-hydrogen) atoms. The number of fused-ring (bicyclic) bond motifs is 2. The van der Waals surface area contributed by atoms with Crippen LogP contribution in [0.4, 0.5) is 30.7 Å². The third-order valence-corrected chi connectivity index (χ3v) is 13.4. The van der Waals surface area contributed by atoms with Gasteiger partial charge in [-0.1, -0.05) is 117 Å². The largest absolute Gasteiger partial charge is 0.271 e. The highest BCUT2D eigenvalue weighted by atomic mass is 19.2. The minimum absolute atomic E-state index is 0.219. The van der Waals surface area contributed by atoms with E-state index < -0.39 is 147 Å². The summed E-state index contributed by atoms with van der Waals surface area (Å²) in [4.78, 5) is 57.9. The van der Waals surface area contributed by atoms with Crippen LogP contribution in [0.15, 0.2) is 0 Å². The number of nitrogens with zero attached hydrogens (tertiary/aromatic N) is 2. The van der Waals surface area contributed by atoms with E-state index in [1.54, 1.807) is 6.92 Å². The fraction of sp³-hybridized carbons (Fsp3) is 0.510. The van der Waals surface area contributed by atoms with Gasteiger partial charge in [-0.05, 0) is 39.2 Å². The number of halogens is 7. The van der Waals surface area contributed by atoms with Gasteiger partial charge < -0.3 is 0 Å². The Morgan fingerprint density at radius 1 is 0.355 bits per heavy atom. The van der Waals surface area contributed by atoms with Crippen molar-refractivity contribution in [3.05, 3.63) is 68.5 Å². The molecule has 0 radical (unpaired) electrons. The van der Waals surface area contributed by atoms with Gasteiger partial charge in [-0.25, -0.2) is 30.7 Å². The lowest BCUT2D eigenvalue weighted by molar-refractivity contribution is 0.0520. The van der Waals surface area contributed by atoms with Gasteiger partial charge in [0, 0.05) is 55.2 Å². The van der Waals surface area contributed by atoms with Gasteiger partial charge >= 0.3 is 0 Å². The first-order valence-electron chi connectivity index (χ1n) is 22.4. The second-order valence-corrected chi connectivity index (χ2v) is 17.5. The molecule has 5 aromatic rings. The van der Waals surface area contributed by atoms with Gasteiger partial charge in [-0.3, -0.25) is 29.0 Å². The van der Waals surface area contributed by atoms with Gasteiger partial charge in [0.05, 0.1) is 22.3 Å². The molecule has 0 bridgehead atoms. The van der Waals surface area contributed by atoms with Crippen LogP contribution in [-0.4, -0.2) is 45.5 Å². The maximum Gasteiger partial charge on any atom is 0.264 e. The lowest BCUT2D eigenvalue weighted by Gasteiger charge is -2.35. The monoisotopic (exact) mass is 866 g/mol. The molecule has 0 fully saturated rings. The molecule has 6 nitrogen and oxygen atoms in total. The number of imide groups is 2. The molecule has 5 aromatic carbocycles. The van der Waals surface area contributed by atoms with Crippen LogP contribution in [-0.2, 0) is 0 Å². The van der Waals surface area contributed by atoms with Crippen molar-refractivity contribution in [2.75, 3.05) is 0 Å². The Labute approximate surface area is 356 Å². The Morgan fingerprint density at radius 2 is 0.629 bits per heavy atom. The summed E-state index contributed by atoms with van der Waals surface area (Å²) < 4.78 is 117. The van der Waals surface area contributed by atoms with E-state index in [4.69, 9.17) is 0 Å². The van der Waals surface area contributed by atoms with Crippen LogP contribution in [0.5, 0.6) is 0 Å². The van der Waals surface area contributed by atoms with E-state index in [9.17, 15) is 19.2 Å². The summed E-state index contributed by atoms with van der Waals surface area (Å²) in [7, 11) is 0. The molecular weight excluding hydrogens is 814 g/mol. The fourth-order valence-corrected chi connectivity index (χ4v) is 10.1. The molecule has 2 aliphatic rings. The van der Waals surface area contributed by atoms with Gasteiger partial charge in [0.2, 0.25) is 0 Å². The fourth-order valence-electron chi connectivity index (χ4n) is 10.1. The highest BCUT2D eigenvalue weighted by Crippen LogP contribution is 2.52. The van der Waals surface area contributed by atoms with Crippen molar-refractivity contribution < 1.29 is 49.9 Å². The standard InChI is InChI=1S/C49H53F7N2O4/c1-6-8-10-12-14-16-18-20-22-24(3)57-46(59)27-26(5)39(50)32-29-28(27)36(47(57)60)43(54)41(52)34(29)35-30-31-37(44(55)40(51)33(30)32)48(61)58(49(62)38(31)45(56)42(35)53)25(4)23-21-19-17-15-13-11-9-7-2/h24-25H,6-23H2,1-5H3. The van der Waals surface area contributed by atoms with Crippen molar-refractivity contribution in [1.82, 2.24) is 9.80 Å². The Bertz CT molecular complexity index is 2320.